The van der Waals surface area contributed by atoms with E-state index >= 15 is 0 Å². The second-order valence-corrected chi connectivity index (χ2v) is 4.04. The second kappa shape index (κ2) is 2.33. The molecule has 64 valence electrons. The van der Waals surface area contributed by atoms with E-state index in [1.807, 2.05) is 34.3 Å². The number of fused-ring (bicyclic) bond motifs is 2. The summed E-state index contributed by atoms with van der Waals surface area (Å²) in [5.74, 6) is 0.168. The van der Waals surface area contributed by atoms with Crippen LogP contribution in [0.15, 0.2) is 29.8 Å². The zero-order valence-corrected chi connectivity index (χ0v) is 7.67. The number of ketones is 1. The van der Waals surface area contributed by atoms with Gasteiger partial charge in [0.15, 0.2) is 0 Å². The predicted molar refractivity (Wildman–Crippen MR) is 51.3 cm³/mol. The molecule has 2 nitrogen and oxygen atoms in total. The molecular formula is C10H7NOS. The van der Waals surface area contributed by atoms with E-state index in [9.17, 15) is 4.79 Å². The van der Waals surface area contributed by atoms with Gasteiger partial charge in [0, 0.05) is 12.7 Å². The highest BCUT2D eigenvalue weighted by Crippen LogP contribution is 2.26. The van der Waals surface area contributed by atoms with Crippen LogP contribution < -0.4 is 0 Å². The summed E-state index contributed by atoms with van der Waals surface area (Å²) in [5, 5.41) is 1.98. The van der Waals surface area contributed by atoms with E-state index in [1.165, 1.54) is 11.3 Å². The fraction of sp³-hybridized carbons (Fsp3) is 0.100. The Morgan fingerprint density at radius 2 is 2.31 bits per heavy atom. The van der Waals surface area contributed by atoms with Gasteiger partial charge in [0.05, 0.1) is 10.6 Å². The van der Waals surface area contributed by atoms with Crippen molar-refractivity contribution >= 4 is 17.1 Å². The second-order valence-electron chi connectivity index (χ2n) is 3.13. The van der Waals surface area contributed by atoms with Crippen molar-refractivity contribution in [2.75, 3.05) is 0 Å². The highest BCUT2D eigenvalue weighted by molar-refractivity contribution is 7.12. The maximum Gasteiger partial charge on any atom is 0.219 e. The van der Waals surface area contributed by atoms with Crippen LogP contribution in [0.2, 0.25) is 0 Å². The van der Waals surface area contributed by atoms with Crippen molar-refractivity contribution in [1.82, 2.24) is 4.57 Å². The molecule has 1 aliphatic rings. The first-order valence-electron chi connectivity index (χ1n) is 4.12. The van der Waals surface area contributed by atoms with Crippen LogP contribution >= 0.6 is 11.3 Å². The van der Waals surface area contributed by atoms with Crippen LogP contribution in [-0.2, 0) is 6.54 Å². The molecule has 2 aromatic rings. The van der Waals surface area contributed by atoms with E-state index in [0.717, 1.165) is 22.7 Å². The Kier molecular flexibility index (Phi) is 1.27. The predicted octanol–water partition coefficient (Wildman–Crippen LogP) is 2.14. The molecule has 0 aliphatic carbocycles. The largest absolute Gasteiger partial charge is 0.340 e. The third-order valence-corrected chi connectivity index (χ3v) is 3.31. The van der Waals surface area contributed by atoms with Gasteiger partial charge in [0.2, 0.25) is 5.78 Å². The van der Waals surface area contributed by atoms with Crippen LogP contribution in [0.3, 0.4) is 0 Å². The van der Waals surface area contributed by atoms with Gasteiger partial charge in [-0.2, -0.15) is 0 Å². The van der Waals surface area contributed by atoms with Gasteiger partial charge in [-0.05, 0) is 29.1 Å². The average molecular weight is 189 g/mol. The molecule has 1 aliphatic heterocycles. The Bertz CT molecular complexity index is 438. The lowest BCUT2D eigenvalue weighted by Crippen LogP contribution is -2.16. The Morgan fingerprint density at radius 3 is 3.23 bits per heavy atom. The zero-order chi connectivity index (χ0) is 8.84. The van der Waals surface area contributed by atoms with Gasteiger partial charge in [-0.1, -0.05) is 0 Å². The van der Waals surface area contributed by atoms with E-state index in [1.54, 1.807) is 0 Å². The Morgan fingerprint density at radius 1 is 1.38 bits per heavy atom. The Balaban J connectivity index is 2.27. The summed E-state index contributed by atoms with van der Waals surface area (Å²) >= 11 is 1.54. The lowest BCUT2D eigenvalue weighted by molar-refractivity contribution is 0.102. The molecular weight excluding hydrogens is 182 g/mol. The van der Waals surface area contributed by atoms with E-state index in [2.05, 4.69) is 0 Å². The maximum absolute atomic E-state index is 11.8. The van der Waals surface area contributed by atoms with Crippen molar-refractivity contribution < 1.29 is 4.79 Å². The van der Waals surface area contributed by atoms with E-state index in [4.69, 9.17) is 0 Å². The summed E-state index contributed by atoms with van der Waals surface area (Å²) in [4.78, 5) is 12.7. The summed E-state index contributed by atoms with van der Waals surface area (Å²) in [6.45, 7) is 0.840. The van der Waals surface area contributed by atoms with Crippen LogP contribution in [0.25, 0.3) is 0 Å². The molecule has 0 aromatic carbocycles. The number of nitrogens with zero attached hydrogens (tertiary/aromatic N) is 1. The van der Waals surface area contributed by atoms with Crippen molar-refractivity contribution in [2.24, 2.45) is 0 Å². The maximum atomic E-state index is 11.8. The highest BCUT2D eigenvalue weighted by atomic mass is 32.1. The van der Waals surface area contributed by atoms with Crippen molar-refractivity contribution in [2.45, 2.75) is 6.54 Å². The molecule has 0 N–H and O–H groups in total. The van der Waals surface area contributed by atoms with E-state index < -0.39 is 0 Å². The summed E-state index contributed by atoms with van der Waals surface area (Å²) in [6.07, 6.45) is 1.95. The van der Waals surface area contributed by atoms with E-state index in [-0.39, 0.29) is 5.78 Å². The number of hydrogen-bond acceptors (Lipinski definition) is 2. The monoisotopic (exact) mass is 189 g/mol. The number of carbonyl (C=O) groups is 1. The molecule has 13 heavy (non-hydrogen) atoms. The molecule has 0 unspecified atom stereocenters. The lowest BCUT2D eigenvalue weighted by atomic mass is 10.1. The number of hydrogen-bond donors (Lipinski definition) is 0. The average Bonchev–Trinajstić information content (AvgIpc) is 2.71. The van der Waals surface area contributed by atoms with Crippen molar-refractivity contribution in [3.05, 3.63) is 45.9 Å². The molecule has 0 radical (unpaired) electrons. The van der Waals surface area contributed by atoms with Crippen LogP contribution in [0.4, 0.5) is 0 Å². The van der Waals surface area contributed by atoms with Crippen molar-refractivity contribution in [3.8, 4) is 0 Å². The molecule has 3 heterocycles. The molecule has 0 saturated heterocycles. The number of thiophene rings is 1. The minimum Gasteiger partial charge on any atom is -0.340 e. The molecule has 3 rings (SSSR count). The SMILES string of the molecule is O=C1c2sccc2Cn2cccc21. The van der Waals surface area contributed by atoms with Crippen LogP contribution in [0.5, 0.6) is 0 Å². The van der Waals surface area contributed by atoms with Crippen molar-refractivity contribution in [3.63, 3.8) is 0 Å². The number of aromatic nitrogens is 1. The molecule has 2 aromatic heterocycles. The number of rotatable bonds is 0. The number of carbonyl (C=O) groups excluding carboxylic acids is 1. The van der Waals surface area contributed by atoms with Gasteiger partial charge in [0.1, 0.15) is 0 Å². The fourth-order valence-electron chi connectivity index (χ4n) is 1.72. The zero-order valence-electron chi connectivity index (χ0n) is 6.86. The molecule has 0 amide bonds. The minimum absolute atomic E-state index is 0.168. The third kappa shape index (κ3) is 0.848. The molecule has 0 bridgehead atoms. The van der Waals surface area contributed by atoms with Gasteiger partial charge < -0.3 is 4.57 Å². The molecule has 0 spiro atoms. The first kappa shape index (κ1) is 7.09. The molecule has 0 atom stereocenters. The third-order valence-electron chi connectivity index (χ3n) is 2.36. The topological polar surface area (TPSA) is 22.0 Å². The standard InChI is InChI=1S/C10H7NOS/c12-9-8-2-1-4-11(8)6-7-3-5-13-10(7)9/h1-5H,6H2. The summed E-state index contributed by atoms with van der Waals surface area (Å²) in [7, 11) is 0. The Hall–Kier alpha value is -1.35. The van der Waals surface area contributed by atoms with E-state index in [0.29, 0.717) is 0 Å². The Labute approximate surface area is 79.4 Å². The molecule has 0 saturated carbocycles. The first-order chi connectivity index (χ1) is 6.36. The van der Waals surface area contributed by atoms with Gasteiger partial charge >= 0.3 is 0 Å². The van der Waals surface area contributed by atoms with Crippen LogP contribution in [-0.4, -0.2) is 10.4 Å². The van der Waals surface area contributed by atoms with Crippen molar-refractivity contribution in [1.29, 1.82) is 0 Å². The van der Waals surface area contributed by atoms with Gasteiger partial charge in [-0.3, -0.25) is 4.79 Å². The summed E-state index contributed by atoms with van der Waals surface area (Å²) in [6, 6.07) is 5.83. The molecule has 0 fully saturated rings. The highest BCUT2D eigenvalue weighted by Gasteiger charge is 2.23. The normalized spacial score (nSPS) is 14.0. The summed E-state index contributed by atoms with van der Waals surface area (Å²) < 4.78 is 2.00. The quantitative estimate of drug-likeness (QED) is 0.531. The smallest absolute Gasteiger partial charge is 0.219 e. The first-order valence-corrected chi connectivity index (χ1v) is 5.00. The fourth-order valence-corrected chi connectivity index (χ4v) is 2.58. The van der Waals surface area contributed by atoms with Gasteiger partial charge in [-0.25, -0.2) is 0 Å². The van der Waals surface area contributed by atoms with Crippen LogP contribution in [0.1, 0.15) is 20.9 Å². The van der Waals surface area contributed by atoms with Gasteiger partial charge in [0.25, 0.3) is 0 Å². The lowest BCUT2D eigenvalue weighted by Gasteiger charge is -2.13. The summed E-state index contributed by atoms with van der Waals surface area (Å²) in [5.41, 5.74) is 1.97. The molecule has 3 heteroatoms. The van der Waals surface area contributed by atoms with Crippen LogP contribution in [0, 0.1) is 0 Å². The minimum atomic E-state index is 0.168. The van der Waals surface area contributed by atoms with Gasteiger partial charge in [-0.15, -0.1) is 11.3 Å².